The molecule has 0 radical (unpaired) electrons. The molecule has 6 nitrogen and oxygen atoms in total. The van der Waals surface area contributed by atoms with Crippen LogP contribution in [0.25, 0.3) is 6.08 Å². The monoisotopic (exact) mass is 595 g/mol. The van der Waals surface area contributed by atoms with Gasteiger partial charge in [-0.15, -0.1) is 0 Å². The van der Waals surface area contributed by atoms with E-state index in [4.69, 9.17) is 4.74 Å². The molecule has 2 N–H and O–H groups in total. The van der Waals surface area contributed by atoms with Crippen molar-refractivity contribution < 1.29 is 14.3 Å². The molecule has 0 aromatic heterocycles. The summed E-state index contributed by atoms with van der Waals surface area (Å²) in [6.45, 7) is 5.75. The number of carbonyl (C=O) groups is 2. The summed E-state index contributed by atoms with van der Waals surface area (Å²) in [7, 11) is 0. The van der Waals surface area contributed by atoms with Gasteiger partial charge in [0.1, 0.15) is 17.4 Å². The highest BCUT2D eigenvalue weighted by Crippen LogP contribution is 2.35. The molecule has 0 heterocycles. The summed E-state index contributed by atoms with van der Waals surface area (Å²) in [6, 6.07) is 18.3. The lowest BCUT2D eigenvalue weighted by Gasteiger charge is -2.12. The van der Waals surface area contributed by atoms with Gasteiger partial charge in [-0.05, 0) is 112 Å². The highest BCUT2D eigenvalue weighted by Gasteiger charge is 2.14. The Labute approximate surface area is 221 Å². The molecule has 0 bridgehead atoms. The van der Waals surface area contributed by atoms with Crippen LogP contribution >= 0.6 is 31.9 Å². The smallest absolute Gasteiger partial charge is 0.266 e. The van der Waals surface area contributed by atoms with Gasteiger partial charge in [0, 0.05) is 11.4 Å². The molecular formula is C27H23Br2N3O3. The summed E-state index contributed by atoms with van der Waals surface area (Å²) in [5, 5.41) is 15.0. The minimum Gasteiger partial charge on any atom is -0.481 e. The molecule has 0 fully saturated rings. The maximum atomic E-state index is 12.5. The predicted molar refractivity (Wildman–Crippen MR) is 145 cm³/mol. The van der Waals surface area contributed by atoms with E-state index in [2.05, 4.69) is 42.5 Å². The summed E-state index contributed by atoms with van der Waals surface area (Å²) >= 11 is 6.88. The van der Waals surface area contributed by atoms with Crippen molar-refractivity contribution >= 4 is 61.1 Å². The fourth-order valence-corrected chi connectivity index (χ4v) is 4.56. The fraction of sp³-hybridized carbons (Fsp3) is 0.148. The van der Waals surface area contributed by atoms with Gasteiger partial charge in [-0.3, -0.25) is 9.59 Å². The van der Waals surface area contributed by atoms with Crippen LogP contribution in [0.5, 0.6) is 5.75 Å². The Morgan fingerprint density at radius 3 is 2.14 bits per heavy atom. The third-order valence-corrected chi connectivity index (χ3v) is 6.32. The van der Waals surface area contributed by atoms with Crippen molar-refractivity contribution in [1.29, 1.82) is 5.26 Å². The number of hydrogen-bond acceptors (Lipinski definition) is 4. The molecule has 8 heteroatoms. The van der Waals surface area contributed by atoms with Crippen molar-refractivity contribution in [2.45, 2.75) is 20.8 Å². The number of nitrogens with one attached hydrogen (secondary N) is 2. The first-order valence-corrected chi connectivity index (χ1v) is 12.2. The lowest BCUT2D eigenvalue weighted by atomic mass is 10.1. The summed E-state index contributed by atoms with van der Waals surface area (Å²) < 4.78 is 6.83. The number of rotatable bonds is 7. The van der Waals surface area contributed by atoms with Gasteiger partial charge >= 0.3 is 0 Å². The molecule has 3 aromatic rings. The zero-order valence-electron chi connectivity index (χ0n) is 19.4. The first kappa shape index (κ1) is 26.2. The molecule has 0 saturated carbocycles. The normalized spacial score (nSPS) is 10.9. The topological polar surface area (TPSA) is 91.2 Å². The molecule has 0 atom stereocenters. The van der Waals surface area contributed by atoms with Crippen LogP contribution in [0.3, 0.4) is 0 Å². The molecule has 0 unspecified atom stereocenters. The van der Waals surface area contributed by atoms with Crippen LogP contribution < -0.4 is 15.4 Å². The highest BCUT2D eigenvalue weighted by molar-refractivity contribution is 9.11. The standard InChI is InChI=1S/C27H23Br2N3O3/c1-16-4-7-21(8-5-16)32-27(34)20(14-30)11-19-12-23(28)26(24(29)13-19)35-15-25(33)31-22-9-6-17(2)18(3)10-22/h4-13H,15H2,1-3H3,(H,31,33)(H,32,34)/b20-11-. The molecule has 35 heavy (non-hydrogen) atoms. The van der Waals surface area contributed by atoms with E-state index < -0.39 is 5.91 Å². The number of carbonyl (C=O) groups excluding carboxylic acids is 2. The van der Waals surface area contributed by atoms with Crippen molar-refractivity contribution in [3.05, 3.63) is 91.4 Å². The molecule has 0 aliphatic heterocycles. The van der Waals surface area contributed by atoms with Crippen LogP contribution in [-0.2, 0) is 9.59 Å². The highest BCUT2D eigenvalue weighted by atomic mass is 79.9. The zero-order valence-corrected chi connectivity index (χ0v) is 22.6. The number of hydrogen-bond donors (Lipinski definition) is 2. The van der Waals surface area contributed by atoms with E-state index in [0.717, 1.165) is 16.7 Å². The molecule has 3 rings (SSSR count). The Morgan fingerprint density at radius 1 is 0.914 bits per heavy atom. The fourth-order valence-electron chi connectivity index (χ4n) is 3.11. The third-order valence-electron chi connectivity index (χ3n) is 5.14. The van der Waals surface area contributed by atoms with Crippen molar-refractivity contribution in [2.75, 3.05) is 17.2 Å². The number of amides is 2. The molecule has 0 saturated heterocycles. The third kappa shape index (κ3) is 7.28. The Balaban J connectivity index is 1.68. The van der Waals surface area contributed by atoms with Crippen LogP contribution in [0.15, 0.2) is 69.1 Å². The summed E-state index contributed by atoms with van der Waals surface area (Å²) in [4.78, 5) is 24.9. The molecule has 2 amide bonds. The minimum absolute atomic E-state index is 0.0502. The Bertz CT molecular complexity index is 1320. The molecule has 0 aliphatic carbocycles. The van der Waals surface area contributed by atoms with E-state index in [1.165, 1.54) is 6.08 Å². The lowest BCUT2D eigenvalue weighted by Crippen LogP contribution is -2.20. The first-order chi connectivity index (χ1) is 16.7. The largest absolute Gasteiger partial charge is 0.481 e. The van der Waals surface area contributed by atoms with Crippen LogP contribution in [0.1, 0.15) is 22.3 Å². The zero-order chi connectivity index (χ0) is 25.5. The van der Waals surface area contributed by atoms with Gasteiger partial charge in [0.05, 0.1) is 8.95 Å². The van der Waals surface area contributed by atoms with E-state index >= 15 is 0 Å². The molecule has 3 aromatic carbocycles. The van der Waals surface area contributed by atoms with Gasteiger partial charge in [0.25, 0.3) is 11.8 Å². The molecular weight excluding hydrogens is 574 g/mol. The van der Waals surface area contributed by atoms with Gasteiger partial charge in [-0.1, -0.05) is 23.8 Å². The summed E-state index contributed by atoms with van der Waals surface area (Å²) in [5.74, 6) is -0.373. The first-order valence-electron chi connectivity index (χ1n) is 10.6. The number of aryl methyl sites for hydroxylation is 3. The van der Waals surface area contributed by atoms with Gasteiger partial charge in [-0.2, -0.15) is 5.26 Å². The second kappa shape index (κ2) is 11.8. The minimum atomic E-state index is -0.507. The number of anilines is 2. The van der Waals surface area contributed by atoms with Gasteiger partial charge < -0.3 is 15.4 Å². The maximum Gasteiger partial charge on any atom is 0.266 e. The number of halogens is 2. The maximum absolute atomic E-state index is 12.5. The van der Waals surface area contributed by atoms with Crippen molar-refractivity contribution in [3.8, 4) is 11.8 Å². The molecule has 0 aliphatic rings. The van der Waals surface area contributed by atoms with E-state index in [1.807, 2.05) is 57.2 Å². The molecule has 0 spiro atoms. The van der Waals surface area contributed by atoms with Crippen LogP contribution in [0.2, 0.25) is 0 Å². The average molecular weight is 597 g/mol. The van der Waals surface area contributed by atoms with Crippen molar-refractivity contribution in [2.24, 2.45) is 0 Å². The van der Waals surface area contributed by atoms with E-state index in [1.54, 1.807) is 24.3 Å². The van der Waals surface area contributed by atoms with Crippen molar-refractivity contribution in [1.82, 2.24) is 0 Å². The van der Waals surface area contributed by atoms with Crippen molar-refractivity contribution in [3.63, 3.8) is 0 Å². The van der Waals surface area contributed by atoms with Crippen LogP contribution in [0, 0.1) is 32.1 Å². The summed E-state index contributed by atoms with van der Waals surface area (Å²) in [6.07, 6.45) is 1.48. The number of ether oxygens (including phenoxy) is 1. The number of benzene rings is 3. The number of nitrogens with zero attached hydrogens (tertiary/aromatic N) is 1. The molecule has 178 valence electrons. The average Bonchev–Trinajstić information content (AvgIpc) is 2.80. The van der Waals surface area contributed by atoms with E-state index in [0.29, 0.717) is 31.6 Å². The van der Waals surface area contributed by atoms with Crippen LogP contribution in [-0.4, -0.2) is 18.4 Å². The van der Waals surface area contributed by atoms with Gasteiger partial charge in [0.15, 0.2) is 6.61 Å². The Hall–Kier alpha value is -3.41. The van der Waals surface area contributed by atoms with E-state index in [-0.39, 0.29) is 18.1 Å². The summed E-state index contributed by atoms with van der Waals surface area (Å²) in [5.41, 5.74) is 5.16. The van der Waals surface area contributed by atoms with Gasteiger partial charge in [0.2, 0.25) is 0 Å². The van der Waals surface area contributed by atoms with Crippen LogP contribution in [0.4, 0.5) is 11.4 Å². The second-order valence-corrected chi connectivity index (χ2v) is 9.65. The Kier molecular flexibility index (Phi) is 8.85. The predicted octanol–water partition coefficient (Wildman–Crippen LogP) is 6.70. The SMILES string of the molecule is Cc1ccc(NC(=O)/C(C#N)=C\c2cc(Br)c(OCC(=O)Nc3ccc(C)c(C)c3)c(Br)c2)cc1. The van der Waals surface area contributed by atoms with E-state index in [9.17, 15) is 14.9 Å². The quantitative estimate of drug-likeness (QED) is 0.234. The lowest BCUT2D eigenvalue weighted by molar-refractivity contribution is -0.118. The Morgan fingerprint density at radius 2 is 1.54 bits per heavy atom. The number of nitriles is 1. The second-order valence-electron chi connectivity index (χ2n) is 7.94. The van der Waals surface area contributed by atoms with Gasteiger partial charge in [-0.25, -0.2) is 0 Å².